The molecule has 17 heavy (non-hydrogen) atoms. The number of hydrogen-bond acceptors (Lipinski definition) is 0. The van der Waals surface area contributed by atoms with E-state index in [2.05, 4.69) is 37.3 Å². The smallest absolute Gasteiger partial charge is 0.00856 e. The van der Waals surface area contributed by atoms with Crippen molar-refractivity contribution in [1.29, 1.82) is 0 Å². The van der Waals surface area contributed by atoms with Gasteiger partial charge in [0, 0.05) is 5.92 Å². The second-order valence-electron chi connectivity index (χ2n) is 5.58. The van der Waals surface area contributed by atoms with E-state index in [-0.39, 0.29) is 0 Å². The first-order chi connectivity index (χ1) is 8.40. The van der Waals surface area contributed by atoms with Crippen molar-refractivity contribution in [2.75, 3.05) is 0 Å². The molecule has 1 aromatic rings. The van der Waals surface area contributed by atoms with Gasteiger partial charge < -0.3 is 0 Å². The molecule has 1 fully saturated rings. The van der Waals surface area contributed by atoms with Gasteiger partial charge in [-0.05, 0) is 36.3 Å². The molecule has 2 aliphatic carbocycles. The SMILES string of the molecule is CCC1=Cc2ccccc2C1C1CCCCC1. The molecular formula is C17H22. The van der Waals surface area contributed by atoms with Crippen molar-refractivity contribution in [2.45, 2.75) is 51.4 Å². The lowest BCUT2D eigenvalue weighted by Gasteiger charge is -2.30. The van der Waals surface area contributed by atoms with Gasteiger partial charge in [0.1, 0.15) is 0 Å². The first kappa shape index (κ1) is 11.1. The van der Waals surface area contributed by atoms with E-state index in [0.717, 1.165) is 11.8 Å². The second kappa shape index (κ2) is 4.68. The van der Waals surface area contributed by atoms with Crippen molar-refractivity contribution in [3.05, 3.63) is 41.0 Å². The maximum Gasteiger partial charge on any atom is 0.00856 e. The molecular weight excluding hydrogens is 204 g/mol. The van der Waals surface area contributed by atoms with Gasteiger partial charge >= 0.3 is 0 Å². The summed E-state index contributed by atoms with van der Waals surface area (Å²) in [6.07, 6.45) is 10.9. The topological polar surface area (TPSA) is 0 Å². The average molecular weight is 226 g/mol. The minimum atomic E-state index is 0.747. The third-order valence-corrected chi connectivity index (χ3v) is 4.60. The fourth-order valence-corrected chi connectivity index (χ4v) is 3.76. The van der Waals surface area contributed by atoms with Gasteiger partial charge in [0.15, 0.2) is 0 Å². The number of allylic oxidation sites excluding steroid dienone is 1. The molecule has 0 N–H and O–H groups in total. The summed E-state index contributed by atoms with van der Waals surface area (Å²) in [5, 5.41) is 0. The van der Waals surface area contributed by atoms with Crippen LogP contribution in [0.4, 0.5) is 0 Å². The Kier molecular flexibility index (Phi) is 3.05. The van der Waals surface area contributed by atoms with Gasteiger partial charge in [-0.25, -0.2) is 0 Å². The number of fused-ring (bicyclic) bond motifs is 1. The molecule has 0 radical (unpaired) electrons. The molecule has 0 heterocycles. The standard InChI is InChI=1S/C17H22/c1-2-13-12-15-10-6-7-11-16(15)17(13)14-8-4-3-5-9-14/h6-7,10-12,14,17H,2-5,8-9H2,1H3. The minimum absolute atomic E-state index is 0.747. The highest BCUT2D eigenvalue weighted by atomic mass is 14.4. The molecule has 3 rings (SSSR count). The van der Waals surface area contributed by atoms with Gasteiger partial charge in [0.2, 0.25) is 0 Å². The van der Waals surface area contributed by atoms with Gasteiger partial charge in [0.25, 0.3) is 0 Å². The van der Waals surface area contributed by atoms with Crippen molar-refractivity contribution >= 4 is 6.08 Å². The predicted octanol–water partition coefficient (Wildman–Crippen LogP) is 5.16. The molecule has 2 aliphatic rings. The van der Waals surface area contributed by atoms with E-state index >= 15 is 0 Å². The average Bonchev–Trinajstić information content (AvgIpc) is 2.78. The summed E-state index contributed by atoms with van der Waals surface area (Å²) in [7, 11) is 0. The zero-order chi connectivity index (χ0) is 11.7. The van der Waals surface area contributed by atoms with Gasteiger partial charge in [0.05, 0.1) is 0 Å². The Morgan fingerprint density at radius 2 is 1.82 bits per heavy atom. The molecule has 0 nitrogen and oxygen atoms in total. The molecule has 0 heteroatoms. The molecule has 1 saturated carbocycles. The van der Waals surface area contributed by atoms with Gasteiger partial charge in [-0.2, -0.15) is 0 Å². The highest BCUT2D eigenvalue weighted by Crippen LogP contribution is 2.47. The maximum absolute atomic E-state index is 2.45. The molecule has 0 aromatic heterocycles. The molecule has 0 amide bonds. The lowest BCUT2D eigenvalue weighted by atomic mass is 9.75. The van der Waals surface area contributed by atoms with Crippen LogP contribution in [-0.4, -0.2) is 0 Å². The Morgan fingerprint density at radius 1 is 1.06 bits per heavy atom. The summed E-state index contributed by atoms with van der Waals surface area (Å²) >= 11 is 0. The van der Waals surface area contributed by atoms with E-state index in [0.29, 0.717) is 0 Å². The lowest BCUT2D eigenvalue weighted by Crippen LogP contribution is -2.16. The van der Waals surface area contributed by atoms with Crippen LogP contribution in [0.1, 0.15) is 62.5 Å². The summed E-state index contributed by atoms with van der Waals surface area (Å²) in [6, 6.07) is 9.02. The van der Waals surface area contributed by atoms with Crippen molar-refractivity contribution in [2.24, 2.45) is 5.92 Å². The Bertz CT molecular complexity index is 421. The van der Waals surface area contributed by atoms with E-state index in [1.54, 1.807) is 11.1 Å². The largest absolute Gasteiger partial charge is 0.0621 e. The first-order valence-corrected chi connectivity index (χ1v) is 7.19. The van der Waals surface area contributed by atoms with Gasteiger partial charge in [-0.1, -0.05) is 62.1 Å². The summed E-state index contributed by atoms with van der Waals surface area (Å²) in [5.74, 6) is 1.66. The van der Waals surface area contributed by atoms with Crippen LogP contribution in [0, 0.1) is 5.92 Å². The van der Waals surface area contributed by atoms with Crippen LogP contribution < -0.4 is 0 Å². The lowest BCUT2D eigenvalue weighted by molar-refractivity contribution is 0.325. The third kappa shape index (κ3) is 1.94. The normalized spacial score (nSPS) is 24.5. The highest BCUT2D eigenvalue weighted by Gasteiger charge is 2.31. The van der Waals surface area contributed by atoms with E-state index < -0.39 is 0 Å². The van der Waals surface area contributed by atoms with Crippen LogP contribution in [0.5, 0.6) is 0 Å². The molecule has 1 unspecified atom stereocenters. The van der Waals surface area contributed by atoms with Crippen LogP contribution >= 0.6 is 0 Å². The summed E-state index contributed by atoms with van der Waals surface area (Å²) in [6.45, 7) is 2.31. The molecule has 0 spiro atoms. The van der Waals surface area contributed by atoms with E-state index in [4.69, 9.17) is 0 Å². The Balaban J connectivity index is 1.94. The fraction of sp³-hybridized carbons (Fsp3) is 0.529. The van der Waals surface area contributed by atoms with Crippen LogP contribution in [0.3, 0.4) is 0 Å². The molecule has 0 saturated heterocycles. The molecule has 90 valence electrons. The predicted molar refractivity (Wildman–Crippen MR) is 74.0 cm³/mol. The zero-order valence-electron chi connectivity index (χ0n) is 10.8. The van der Waals surface area contributed by atoms with E-state index in [1.165, 1.54) is 44.1 Å². The summed E-state index contributed by atoms with van der Waals surface area (Å²) < 4.78 is 0. The van der Waals surface area contributed by atoms with Crippen LogP contribution in [0.2, 0.25) is 0 Å². The third-order valence-electron chi connectivity index (χ3n) is 4.60. The molecule has 0 aliphatic heterocycles. The first-order valence-electron chi connectivity index (χ1n) is 7.19. The Hall–Kier alpha value is -1.04. The van der Waals surface area contributed by atoms with Crippen molar-refractivity contribution in [1.82, 2.24) is 0 Å². The van der Waals surface area contributed by atoms with Crippen molar-refractivity contribution in [3.63, 3.8) is 0 Å². The Morgan fingerprint density at radius 3 is 2.59 bits per heavy atom. The van der Waals surface area contributed by atoms with Crippen LogP contribution in [0.15, 0.2) is 29.8 Å². The van der Waals surface area contributed by atoms with Crippen molar-refractivity contribution < 1.29 is 0 Å². The second-order valence-corrected chi connectivity index (χ2v) is 5.58. The van der Waals surface area contributed by atoms with Crippen LogP contribution in [-0.2, 0) is 0 Å². The monoisotopic (exact) mass is 226 g/mol. The highest BCUT2D eigenvalue weighted by molar-refractivity contribution is 5.66. The van der Waals surface area contributed by atoms with E-state index in [1.807, 2.05) is 0 Å². The Labute approximate surface area is 105 Å². The molecule has 0 bridgehead atoms. The zero-order valence-corrected chi connectivity index (χ0v) is 10.8. The molecule has 1 atom stereocenters. The molecule has 1 aromatic carbocycles. The minimum Gasteiger partial charge on any atom is -0.0621 e. The van der Waals surface area contributed by atoms with E-state index in [9.17, 15) is 0 Å². The maximum atomic E-state index is 2.45. The van der Waals surface area contributed by atoms with Gasteiger partial charge in [-0.15, -0.1) is 0 Å². The number of benzene rings is 1. The van der Waals surface area contributed by atoms with Gasteiger partial charge in [-0.3, -0.25) is 0 Å². The quantitative estimate of drug-likeness (QED) is 0.653. The fourth-order valence-electron chi connectivity index (χ4n) is 3.76. The number of rotatable bonds is 2. The van der Waals surface area contributed by atoms with Crippen LogP contribution in [0.25, 0.3) is 6.08 Å². The summed E-state index contributed by atoms with van der Waals surface area (Å²) in [5.41, 5.74) is 4.77. The summed E-state index contributed by atoms with van der Waals surface area (Å²) in [4.78, 5) is 0. The van der Waals surface area contributed by atoms with Crippen molar-refractivity contribution in [3.8, 4) is 0 Å². The number of hydrogen-bond donors (Lipinski definition) is 0.